The van der Waals surface area contributed by atoms with E-state index in [1.54, 1.807) is 0 Å². The topological polar surface area (TPSA) is 16.4 Å². The Balaban J connectivity index is 1.04. The second-order valence-corrected chi connectivity index (χ2v) is 15.9. The summed E-state index contributed by atoms with van der Waals surface area (Å²) >= 11 is 1.85. The van der Waals surface area contributed by atoms with Crippen molar-refractivity contribution in [3.05, 3.63) is 200 Å². The standard InChI is InChI=1S/C54H33NOS/c1-4-16-43-34(11-1)25-29-47-53-42(20-10-21-50(53)56-54(43)47)36-13-9-14-39(31-36)55(40-28-30-52-49(33-40)46-19-7-8-22-51(46)57-52)38-26-23-35(24-27-38)48-32-37-12-2-3-15-41(37)44-17-5-6-18-45(44)48/h1-33H. The first-order chi connectivity index (χ1) is 28.2. The lowest BCUT2D eigenvalue weighted by molar-refractivity contribution is 0.673. The third kappa shape index (κ3) is 5.10. The molecule has 0 saturated heterocycles. The maximum atomic E-state index is 6.60. The molecule has 0 unspecified atom stereocenters. The summed E-state index contributed by atoms with van der Waals surface area (Å²) in [5.41, 5.74) is 9.86. The number of fused-ring (bicyclic) bond motifs is 11. The van der Waals surface area contributed by atoms with E-state index < -0.39 is 0 Å². The van der Waals surface area contributed by atoms with Gasteiger partial charge >= 0.3 is 0 Å². The first-order valence-corrected chi connectivity index (χ1v) is 20.2. The molecule has 266 valence electrons. The Morgan fingerprint density at radius 1 is 0.351 bits per heavy atom. The second-order valence-electron chi connectivity index (χ2n) is 14.8. The fourth-order valence-electron chi connectivity index (χ4n) is 8.99. The SMILES string of the molecule is c1cc(-c2cccc3oc4c5ccccc5ccc4c23)cc(N(c2ccc(-c3cc4ccccc4c4ccccc34)cc2)c2ccc3sc4ccccc4c3c2)c1. The normalized spacial score (nSPS) is 11.9. The van der Waals surface area contributed by atoms with Gasteiger partial charge in [0.25, 0.3) is 0 Å². The fraction of sp³-hybridized carbons (Fsp3) is 0. The molecule has 0 spiro atoms. The van der Waals surface area contributed by atoms with Gasteiger partial charge in [0.1, 0.15) is 11.2 Å². The van der Waals surface area contributed by atoms with Crippen molar-refractivity contribution in [2.24, 2.45) is 0 Å². The van der Waals surface area contributed by atoms with E-state index in [0.29, 0.717) is 0 Å². The lowest BCUT2D eigenvalue weighted by atomic mass is 9.93. The Morgan fingerprint density at radius 2 is 1.04 bits per heavy atom. The molecule has 0 aliphatic carbocycles. The van der Waals surface area contributed by atoms with E-state index in [0.717, 1.165) is 55.5 Å². The Morgan fingerprint density at radius 3 is 1.91 bits per heavy atom. The molecule has 0 saturated carbocycles. The summed E-state index contributed by atoms with van der Waals surface area (Å²) in [4.78, 5) is 2.40. The summed E-state index contributed by atoms with van der Waals surface area (Å²) in [6.07, 6.45) is 0. The van der Waals surface area contributed by atoms with Crippen LogP contribution in [0.5, 0.6) is 0 Å². The minimum absolute atomic E-state index is 0.896. The highest BCUT2D eigenvalue weighted by molar-refractivity contribution is 7.25. The van der Waals surface area contributed by atoms with Crippen LogP contribution in [0.2, 0.25) is 0 Å². The highest BCUT2D eigenvalue weighted by atomic mass is 32.1. The van der Waals surface area contributed by atoms with Crippen LogP contribution in [0.1, 0.15) is 0 Å². The second kappa shape index (κ2) is 12.7. The number of benzene rings is 10. The lowest BCUT2D eigenvalue weighted by Gasteiger charge is -2.26. The molecule has 0 aliphatic heterocycles. The number of nitrogens with zero attached hydrogens (tertiary/aromatic N) is 1. The van der Waals surface area contributed by atoms with Gasteiger partial charge in [-0.15, -0.1) is 11.3 Å². The summed E-state index contributed by atoms with van der Waals surface area (Å²) in [5.74, 6) is 0. The molecule has 2 aromatic heterocycles. The highest BCUT2D eigenvalue weighted by Crippen LogP contribution is 2.44. The smallest absolute Gasteiger partial charge is 0.143 e. The summed E-state index contributed by atoms with van der Waals surface area (Å²) in [6, 6.07) is 72.8. The Bertz CT molecular complexity index is 3540. The molecule has 2 heterocycles. The Kier molecular flexibility index (Phi) is 7.13. The zero-order chi connectivity index (χ0) is 37.5. The summed E-state index contributed by atoms with van der Waals surface area (Å²) in [6.45, 7) is 0. The van der Waals surface area contributed by atoms with Gasteiger partial charge in [-0.2, -0.15) is 0 Å². The molecule has 2 nitrogen and oxygen atoms in total. The van der Waals surface area contributed by atoms with Crippen LogP contribution < -0.4 is 4.90 Å². The van der Waals surface area contributed by atoms with Crippen molar-refractivity contribution in [1.82, 2.24) is 0 Å². The quantitative estimate of drug-likeness (QED) is 0.163. The van der Waals surface area contributed by atoms with E-state index in [1.807, 2.05) is 11.3 Å². The van der Waals surface area contributed by atoms with Gasteiger partial charge in [-0.25, -0.2) is 0 Å². The van der Waals surface area contributed by atoms with Gasteiger partial charge in [-0.05, 0) is 116 Å². The molecule has 0 radical (unpaired) electrons. The van der Waals surface area contributed by atoms with Crippen LogP contribution in [0.4, 0.5) is 17.1 Å². The van der Waals surface area contributed by atoms with Crippen LogP contribution in [0.25, 0.3) is 96.7 Å². The third-order valence-electron chi connectivity index (χ3n) is 11.6. The third-order valence-corrected chi connectivity index (χ3v) is 12.8. The van der Waals surface area contributed by atoms with Crippen molar-refractivity contribution >= 4 is 103 Å². The van der Waals surface area contributed by atoms with Crippen LogP contribution >= 0.6 is 11.3 Å². The average molecular weight is 744 g/mol. The monoisotopic (exact) mass is 743 g/mol. The van der Waals surface area contributed by atoms with Crippen molar-refractivity contribution < 1.29 is 4.42 Å². The Hall–Kier alpha value is -7.20. The van der Waals surface area contributed by atoms with Crippen molar-refractivity contribution in [3.8, 4) is 22.3 Å². The highest BCUT2D eigenvalue weighted by Gasteiger charge is 2.19. The van der Waals surface area contributed by atoms with E-state index >= 15 is 0 Å². The van der Waals surface area contributed by atoms with E-state index in [4.69, 9.17) is 4.42 Å². The van der Waals surface area contributed by atoms with Crippen molar-refractivity contribution in [2.75, 3.05) is 4.90 Å². The van der Waals surface area contributed by atoms with Gasteiger partial charge in [0, 0.05) is 53.4 Å². The molecule has 10 aromatic carbocycles. The van der Waals surface area contributed by atoms with E-state index in [1.165, 1.54) is 58.2 Å². The predicted molar refractivity (Wildman–Crippen MR) is 245 cm³/mol. The van der Waals surface area contributed by atoms with Crippen LogP contribution in [-0.4, -0.2) is 0 Å². The molecule has 12 rings (SSSR count). The maximum absolute atomic E-state index is 6.60. The molecule has 12 aromatic rings. The van der Waals surface area contributed by atoms with E-state index in [9.17, 15) is 0 Å². The van der Waals surface area contributed by atoms with Gasteiger partial charge in [0.15, 0.2) is 0 Å². The summed E-state index contributed by atoms with van der Waals surface area (Å²) < 4.78 is 9.20. The number of rotatable bonds is 5. The van der Waals surface area contributed by atoms with Crippen LogP contribution in [-0.2, 0) is 0 Å². The first-order valence-electron chi connectivity index (χ1n) is 19.4. The molecule has 0 atom stereocenters. The van der Waals surface area contributed by atoms with Crippen molar-refractivity contribution in [3.63, 3.8) is 0 Å². The number of hydrogen-bond donors (Lipinski definition) is 0. The predicted octanol–water partition coefficient (Wildman–Crippen LogP) is 16.2. The van der Waals surface area contributed by atoms with Crippen LogP contribution in [0.3, 0.4) is 0 Å². The van der Waals surface area contributed by atoms with Gasteiger partial charge in [-0.1, -0.05) is 133 Å². The number of furan rings is 1. The number of hydrogen-bond acceptors (Lipinski definition) is 3. The largest absolute Gasteiger partial charge is 0.455 e. The fourth-order valence-corrected chi connectivity index (χ4v) is 10.1. The van der Waals surface area contributed by atoms with E-state index in [-0.39, 0.29) is 0 Å². The minimum Gasteiger partial charge on any atom is -0.455 e. The van der Waals surface area contributed by atoms with Crippen LogP contribution in [0, 0.1) is 0 Å². The molecule has 0 N–H and O–H groups in total. The number of anilines is 3. The summed E-state index contributed by atoms with van der Waals surface area (Å²) in [7, 11) is 0. The maximum Gasteiger partial charge on any atom is 0.143 e. The molecule has 3 heteroatoms. The van der Waals surface area contributed by atoms with Gasteiger partial charge in [0.05, 0.1) is 0 Å². The molecular weight excluding hydrogens is 711 g/mol. The number of thiophene rings is 1. The van der Waals surface area contributed by atoms with Crippen LogP contribution in [0.15, 0.2) is 205 Å². The Labute approximate surface area is 333 Å². The average Bonchev–Trinajstić information content (AvgIpc) is 3.85. The molecular formula is C54H33NOS. The van der Waals surface area contributed by atoms with Gasteiger partial charge in [-0.3, -0.25) is 0 Å². The zero-order valence-electron chi connectivity index (χ0n) is 30.8. The van der Waals surface area contributed by atoms with Gasteiger partial charge in [0.2, 0.25) is 0 Å². The molecule has 0 aliphatic rings. The molecule has 0 bridgehead atoms. The van der Waals surface area contributed by atoms with Crippen molar-refractivity contribution in [1.29, 1.82) is 0 Å². The lowest BCUT2D eigenvalue weighted by Crippen LogP contribution is -2.10. The van der Waals surface area contributed by atoms with Gasteiger partial charge < -0.3 is 9.32 Å². The summed E-state index contributed by atoms with van der Waals surface area (Å²) in [5, 5.41) is 12.2. The minimum atomic E-state index is 0.896. The van der Waals surface area contributed by atoms with Crippen molar-refractivity contribution in [2.45, 2.75) is 0 Å². The van der Waals surface area contributed by atoms with E-state index in [2.05, 4.69) is 205 Å². The molecule has 0 fully saturated rings. The zero-order valence-corrected chi connectivity index (χ0v) is 31.6. The first kappa shape index (κ1) is 32.1. The molecule has 57 heavy (non-hydrogen) atoms. The molecule has 0 amide bonds.